The molecule has 0 radical (unpaired) electrons. The average molecular weight is 461 g/mol. The number of hydrogen-bond donors (Lipinski definition) is 2. The summed E-state index contributed by atoms with van der Waals surface area (Å²) in [5, 5.41) is 0. The Morgan fingerprint density at radius 2 is 1.15 bits per heavy atom. The molecule has 4 N–H and O–H groups in total. The van der Waals surface area contributed by atoms with Crippen LogP contribution in [0, 0.1) is 83.1 Å². The maximum atomic E-state index is 12.2. The summed E-state index contributed by atoms with van der Waals surface area (Å²) < 4.78 is 10.5. The van der Waals surface area contributed by atoms with Crippen LogP contribution in [-0.4, -0.2) is 5.97 Å². The van der Waals surface area contributed by atoms with Crippen LogP contribution in [-0.2, 0) is 0 Å². The molecule has 2 aromatic rings. The Bertz CT molecular complexity index is 1510. The minimum atomic E-state index is -0.578. The highest BCUT2D eigenvalue weighted by Gasteiger charge is 2.10. The van der Waals surface area contributed by atoms with E-state index in [1.165, 1.54) is 12.1 Å². The van der Waals surface area contributed by atoms with Crippen molar-refractivity contribution >= 4 is 17.3 Å². The van der Waals surface area contributed by atoms with Gasteiger partial charge in [0.2, 0.25) is 0 Å². The summed E-state index contributed by atoms with van der Waals surface area (Å²) in [5.41, 5.74) is 12.4. The molecule has 0 aliphatic carbocycles. The summed E-state index contributed by atoms with van der Waals surface area (Å²) in [6.45, 7) is 1.69. The quantitative estimate of drug-likeness (QED) is 0.232. The Labute approximate surface area is 218 Å². The molecule has 0 atom stereocenters. The average Bonchev–Trinajstić information content (AvgIpc) is 2.79. The SMILES string of the molecule is CC#CC#CC#CC#CC#CC#CC#COc1ccc(OC(=O)c2cc(N)cc(N)c2)cc1.[HH].[HH].[HH].[HH].[HH].[HH].[HH].[HH].[HH].[HH].[HH].[HH].[HH].[HH].[HH].[HH].[HH]. The summed E-state index contributed by atoms with van der Waals surface area (Å²) >= 11 is 0. The number of nitrogens with two attached hydrogens (primary N) is 2. The van der Waals surface area contributed by atoms with Crippen molar-refractivity contribution in [2.75, 3.05) is 11.5 Å². The molecule has 188 valence electrons. The highest BCUT2D eigenvalue weighted by atomic mass is 16.5. The van der Waals surface area contributed by atoms with E-state index in [-0.39, 0.29) is 29.8 Å². The lowest BCUT2D eigenvalue weighted by Crippen LogP contribution is -2.09. The van der Waals surface area contributed by atoms with Gasteiger partial charge in [-0.1, -0.05) is 5.92 Å². The molecule has 2 rings (SSSR count). The molecule has 0 aliphatic rings. The summed E-state index contributed by atoms with van der Waals surface area (Å²) in [7, 11) is 0. The summed E-state index contributed by atoms with van der Waals surface area (Å²) in [6.07, 6.45) is 2.42. The fraction of sp³-hybridized carbons (Fsp3) is 0.0357. The number of anilines is 2. The Kier molecular flexibility index (Phi) is 9.58. The Morgan fingerprint density at radius 3 is 1.67 bits per heavy atom. The lowest BCUT2D eigenvalue weighted by atomic mass is 10.2. The minimum absolute atomic E-state index is 0. The number of ether oxygens (including phenoxy) is 2. The Morgan fingerprint density at radius 1 is 0.697 bits per heavy atom. The molecule has 33 heavy (non-hydrogen) atoms. The van der Waals surface area contributed by atoms with E-state index >= 15 is 0 Å². The number of benzene rings is 2. The highest BCUT2D eigenvalue weighted by Crippen LogP contribution is 2.20. The molecule has 0 fully saturated rings. The molecule has 5 nitrogen and oxygen atoms in total. The Hall–Kier alpha value is -5.77. The van der Waals surface area contributed by atoms with Crippen LogP contribution in [0.2, 0.25) is 0 Å². The van der Waals surface area contributed by atoms with Crippen LogP contribution in [0.25, 0.3) is 0 Å². The molecular weight excluding hydrogens is 412 g/mol. The molecule has 0 unspecified atom stereocenters. The largest absolute Gasteiger partial charge is 0.423 e. The monoisotopic (exact) mass is 460 g/mol. The molecule has 0 aromatic heterocycles. The van der Waals surface area contributed by atoms with Crippen molar-refractivity contribution in [3.63, 3.8) is 0 Å². The van der Waals surface area contributed by atoms with Crippen LogP contribution in [0.5, 0.6) is 11.5 Å². The van der Waals surface area contributed by atoms with Crippen LogP contribution in [0.1, 0.15) is 41.5 Å². The Balaban J connectivity index is -0.0000000486. The van der Waals surface area contributed by atoms with Gasteiger partial charge in [-0.2, -0.15) is 0 Å². The topological polar surface area (TPSA) is 87.6 Å². The van der Waals surface area contributed by atoms with Crippen molar-refractivity contribution in [1.82, 2.24) is 0 Å². The second kappa shape index (κ2) is 13.5. The molecule has 0 spiro atoms. The van der Waals surface area contributed by atoms with Crippen molar-refractivity contribution < 1.29 is 38.5 Å². The number of esters is 1. The van der Waals surface area contributed by atoms with E-state index in [4.69, 9.17) is 20.9 Å². The van der Waals surface area contributed by atoms with E-state index in [0.29, 0.717) is 22.9 Å². The first-order valence-electron chi connectivity index (χ1n) is 9.15. The third kappa shape index (κ3) is 9.51. The molecule has 2 aromatic carbocycles. The zero-order valence-corrected chi connectivity index (χ0v) is 17.4. The van der Waals surface area contributed by atoms with Crippen LogP contribution in [0.15, 0.2) is 42.5 Å². The first-order valence-corrected chi connectivity index (χ1v) is 9.15. The second-order valence-corrected chi connectivity index (χ2v) is 5.70. The van der Waals surface area contributed by atoms with Gasteiger partial charge in [-0.25, -0.2) is 4.79 Å². The predicted molar refractivity (Wildman–Crippen MR) is 163 cm³/mol. The zero-order valence-electron chi connectivity index (χ0n) is 17.4. The van der Waals surface area contributed by atoms with Crippen LogP contribution in [0.4, 0.5) is 11.4 Å². The summed E-state index contributed by atoms with van der Waals surface area (Å²) in [6, 6.07) is 10.8. The van der Waals surface area contributed by atoms with Crippen molar-refractivity contribution in [3.05, 3.63) is 48.0 Å². The summed E-state index contributed by atoms with van der Waals surface area (Å²) in [4.78, 5) is 12.2. The van der Waals surface area contributed by atoms with E-state index in [1.807, 2.05) is 0 Å². The number of rotatable bonds is 3. The lowest BCUT2D eigenvalue weighted by molar-refractivity contribution is 0.0734. The number of carbonyl (C=O) groups excluding carboxylic acids is 1. The minimum Gasteiger partial charge on any atom is -0.423 e. The van der Waals surface area contributed by atoms with Crippen LogP contribution in [0.3, 0.4) is 0 Å². The van der Waals surface area contributed by atoms with Gasteiger partial charge in [0.15, 0.2) is 0 Å². The molecule has 0 heterocycles. The molecular formula is C28H48N2O3. The fourth-order valence-electron chi connectivity index (χ4n) is 2.02. The molecule has 0 aliphatic heterocycles. The van der Waals surface area contributed by atoms with Gasteiger partial charge in [-0.3, -0.25) is 0 Å². The van der Waals surface area contributed by atoms with Crippen molar-refractivity contribution in [3.8, 4) is 94.6 Å². The van der Waals surface area contributed by atoms with Gasteiger partial charge >= 0.3 is 5.97 Å². The second-order valence-electron chi connectivity index (χ2n) is 5.70. The van der Waals surface area contributed by atoms with Gasteiger partial charge in [0.1, 0.15) is 17.6 Å². The molecule has 0 bridgehead atoms. The predicted octanol–water partition coefficient (Wildman–Crippen LogP) is 6.63. The van der Waals surface area contributed by atoms with Crippen LogP contribution >= 0.6 is 0 Å². The first kappa shape index (κ1) is 23.5. The van der Waals surface area contributed by atoms with E-state index in [9.17, 15) is 4.79 Å². The van der Waals surface area contributed by atoms with Crippen LogP contribution < -0.4 is 20.9 Å². The maximum absolute atomic E-state index is 12.2. The smallest absolute Gasteiger partial charge is 0.343 e. The normalized spacial score (nSPS) is 7.42. The first-order chi connectivity index (χ1) is 16.1. The van der Waals surface area contributed by atoms with Crippen molar-refractivity contribution in [1.29, 1.82) is 0 Å². The van der Waals surface area contributed by atoms with Gasteiger partial charge in [0, 0.05) is 71.2 Å². The third-order valence-electron chi connectivity index (χ3n) is 3.28. The summed E-state index contributed by atoms with van der Waals surface area (Å²) in [5.74, 6) is 33.0. The van der Waals surface area contributed by atoms with E-state index in [2.05, 4.69) is 83.1 Å². The fourth-order valence-corrected chi connectivity index (χ4v) is 2.02. The lowest BCUT2D eigenvalue weighted by Gasteiger charge is -2.06. The molecule has 0 amide bonds. The van der Waals surface area contributed by atoms with E-state index < -0.39 is 5.97 Å². The molecule has 0 saturated carbocycles. The van der Waals surface area contributed by atoms with E-state index in [1.54, 1.807) is 37.3 Å². The number of hydrogen-bond acceptors (Lipinski definition) is 5. The standard InChI is InChI=1S/C28H14N2O3.17H2/c1-2-3-4-5-6-7-8-9-10-11-12-13-14-19-32-26-15-17-27(18-16-26)33-28(31)23-20-24(29)22-25(30)21-23;;;;;;;;;;;;;;;;;/h15-18,20-22H,29-30H2,1H3;17*1H. The van der Waals surface area contributed by atoms with Crippen molar-refractivity contribution in [2.24, 2.45) is 0 Å². The van der Waals surface area contributed by atoms with E-state index in [0.717, 1.165) is 0 Å². The number of carbonyl (C=O) groups is 1. The van der Waals surface area contributed by atoms with Gasteiger partial charge in [0.25, 0.3) is 0 Å². The highest BCUT2D eigenvalue weighted by molar-refractivity contribution is 5.93. The molecule has 5 heteroatoms. The zero-order chi connectivity index (χ0) is 23.7. The third-order valence-corrected chi connectivity index (χ3v) is 3.28. The van der Waals surface area contributed by atoms with Gasteiger partial charge in [0.05, 0.1) is 5.56 Å². The maximum Gasteiger partial charge on any atom is 0.343 e. The van der Waals surface area contributed by atoms with Gasteiger partial charge < -0.3 is 20.9 Å². The van der Waals surface area contributed by atoms with Gasteiger partial charge in [-0.15, -0.1) is 0 Å². The van der Waals surface area contributed by atoms with Gasteiger partial charge in [-0.05, 0) is 84.9 Å². The number of nitrogen functional groups attached to an aromatic ring is 2. The molecule has 0 saturated heterocycles. The van der Waals surface area contributed by atoms with Crippen molar-refractivity contribution in [2.45, 2.75) is 6.92 Å².